The molecule has 0 aliphatic heterocycles. The SMILES string of the molecule is O=C(O)CN(CC1CC1)C1CC(NC(=O)c2cccc([N+](=O)[O-])c2)C1. The van der Waals surface area contributed by atoms with Gasteiger partial charge in [0, 0.05) is 36.3 Å². The van der Waals surface area contributed by atoms with Gasteiger partial charge < -0.3 is 10.4 Å². The molecule has 25 heavy (non-hydrogen) atoms. The van der Waals surface area contributed by atoms with Crippen molar-refractivity contribution in [1.82, 2.24) is 10.2 Å². The van der Waals surface area contributed by atoms with Gasteiger partial charge in [0.2, 0.25) is 0 Å². The van der Waals surface area contributed by atoms with Crippen molar-refractivity contribution in [2.24, 2.45) is 5.92 Å². The van der Waals surface area contributed by atoms with Crippen LogP contribution in [0.4, 0.5) is 5.69 Å². The second kappa shape index (κ2) is 7.18. The fourth-order valence-corrected chi connectivity index (χ4v) is 3.18. The Hall–Kier alpha value is -2.48. The van der Waals surface area contributed by atoms with Crippen LogP contribution in [0.25, 0.3) is 0 Å². The Morgan fingerprint density at radius 1 is 1.32 bits per heavy atom. The first-order valence-corrected chi connectivity index (χ1v) is 8.43. The van der Waals surface area contributed by atoms with E-state index in [0.29, 0.717) is 18.8 Å². The molecule has 0 saturated heterocycles. The van der Waals surface area contributed by atoms with Gasteiger partial charge in [0.15, 0.2) is 0 Å². The van der Waals surface area contributed by atoms with Gasteiger partial charge in [-0.1, -0.05) is 6.07 Å². The highest BCUT2D eigenvalue weighted by Crippen LogP contribution is 2.33. The Labute approximate surface area is 145 Å². The molecule has 0 bridgehead atoms. The molecular weight excluding hydrogens is 326 g/mol. The van der Waals surface area contributed by atoms with Gasteiger partial charge in [-0.25, -0.2) is 0 Å². The van der Waals surface area contributed by atoms with Crippen molar-refractivity contribution in [1.29, 1.82) is 0 Å². The number of nitro benzene ring substituents is 1. The Morgan fingerprint density at radius 2 is 2.04 bits per heavy atom. The van der Waals surface area contributed by atoms with Crippen LogP contribution in [-0.4, -0.2) is 52.0 Å². The van der Waals surface area contributed by atoms with Crippen LogP contribution < -0.4 is 5.32 Å². The molecule has 0 aromatic heterocycles. The predicted octanol–water partition coefficient (Wildman–Crippen LogP) is 1.65. The predicted molar refractivity (Wildman–Crippen MR) is 89.3 cm³/mol. The van der Waals surface area contributed by atoms with Crippen molar-refractivity contribution in [3.8, 4) is 0 Å². The normalized spacial score (nSPS) is 22.3. The van der Waals surface area contributed by atoms with Crippen molar-refractivity contribution in [2.45, 2.75) is 37.8 Å². The summed E-state index contributed by atoms with van der Waals surface area (Å²) in [5, 5.41) is 22.7. The minimum Gasteiger partial charge on any atom is -0.480 e. The lowest BCUT2D eigenvalue weighted by Crippen LogP contribution is -2.55. The van der Waals surface area contributed by atoms with E-state index in [1.165, 1.54) is 18.2 Å². The van der Waals surface area contributed by atoms with Gasteiger partial charge in [-0.3, -0.25) is 24.6 Å². The number of hydrogen-bond donors (Lipinski definition) is 2. The molecule has 8 heteroatoms. The van der Waals surface area contributed by atoms with Crippen molar-refractivity contribution < 1.29 is 19.6 Å². The molecule has 0 radical (unpaired) electrons. The number of non-ortho nitro benzene ring substituents is 1. The van der Waals surface area contributed by atoms with Crippen molar-refractivity contribution in [2.75, 3.05) is 13.1 Å². The maximum atomic E-state index is 12.2. The number of rotatable bonds is 8. The van der Waals surface area contributed by atoms with E-state index in [-0.39, 0.29) is 35.8 Å². The van der Waals surface area contributed by atoms with Gasteiger partial charge in [0.05, 0.1) is 11.5 Å². The minimum atomic E-state index is -0.829. The summed E-state index contributed by atoms with van der Waals surface area (Å²) >= 11 is 0. The molecule has 2 saturated carbocycles. The average Bonchev–Trinajstić information content (AvgIpc) is 3.33. The number of nitrogens with one attached hydrogen (secondary N) is 1. The molecule has 0 atom stereocenters. The zero-order chi connectivity index (χ0) is 18.0. The summed E-state index contributed by atoms with van der Waals surface area (Å²) in [6.45, 7) is 0.842. The first kappa shape index (κ1) is 17.3. The van der Waals surface area contributed by atoms with Gasteiger partial charge in [-0.05, 0) is 37.7 Å². The van der Waals surface area contributed by atoms with Crippen LogP contribution in [0, 0.1) is 16.0 Å². The molecule has 2 aliphatic carbocycles. The monoisotopic (exact) mass is 347 g/mol. The number of aliphatic carboxylic acids is 1. The zero-order valence-electron chi connectivity index (χ0n) is 13.8. The van der Waals surface area contributed by atoms with Crippen LogP contribution in [0.3, 0.4) is 0 Å². The van der Waals surface area contributed by atoms with Crippen LogP contribution in [0.1, 0.15) is 36.0 Å². The van der Waals surface area contributed by atoms with E-state index in [1.54, 1.807) is 6.07 Å². The number of carbonyl (C=O) groups excluding carboxylic acids is 1. The van der Waals surface area contributed by atoms with Crippen LogP contribution in [-0.2, 0) is 4.79 Å². The van der Waals surface area contributed by atoms with Crippen LogP contribution in [0.2, 0.25) is 0 Å². The lowest BCUT2D eigenvalue weighted by molar-refractivity contribution is -0.384. The number of hydrogen-bond acceptors (Lipinski definition) is 5. The topological polar surface area (TPSA) is 113 Å². The van der Waals surface area contributed by atoms with Crippen molar-refractivity contribution in [3.05, 3.63) is 39.9 Å². The van der Waals surface area contributed by atoms with E-state index in [9.17, 15) is 19.7 Å². The molecule has 0 heterocycles. The van der Waals surface area contributed by atoms with E-state index in [0.717, 1.165) is 19.4 Å². The lowest BCUT2D eigenvalue weighted by atomic mass is 9.85. The second-order valence-corrected chi connectivity index (χ2v) is 6.87. The Morgan fingerprint density at radius 3 is 2.64 bits per heavy atom. The summed E-state index contributed by atoms with van der Waals surface area (Å²) in [7, 11) is 0. The molecule has 2 aliphatic rings. The maximum absolute atomic E-state index is 12.2. The molecular formula is C17H21N3O5. The molecule has 0 spiro atoms. The lowest BCUT2D eigenvalue weighted by Gasteiger charge is -2.42. The third kappa shape index (κ3) is 4.54. The number of carbonyl (C=O) groups is 2. The van der Waals surface area contributed by atoms with Crippen LogP contribution in [0.15, 0.2) is 24.3 Å². The summed E-state index contributed by atoms with van der Waals surface area (Å²) in [5.74, 6) is -0.554. The van der Waals surface area contributed by atoms with E-state index in [4.69, 9.17) is 5.11 Å². The standard InChI is InChI=1S/C17H21N3O5/c21-16(22)10-19(9-11-4-5-11)15-7-13(8-15)18-17(23)12-2-1-3-14(6-12)20(24)25/h1-3,6,11,13,15H,4-5,7-10H2,(H,18,23)(H,21,22). The first-order chi connectivity index (χ1) is 11.9. The van der Waals surface area contributed by atoms with Gasteiger partial charge in [-0.15, -0.1) is 0 Å². The number of carboxylic acid groups (broad SMARTS) is 1. The van der Waals surface area contributed by atoms with Gasteiger partial charge in [0.25, 0.3) is 11.6 Å². The highest BCUT2D eigenvalue weighted by molar-refractivity contribution is 5.95. The summed E-state index contributed by atoms with van der Waals surface area (Å²) in [4.78, 5) is 35.5. The number of benzene rings is 1. The molecule has 3 rings (SSSR count). The molecule has 2 N–H and O–H groups in total. The largest absolute Gasteiger partial charge is 0.480 e. The average molecular weight is 347 g/mol. The highest BCUT2D eigenvalue weighted by Gasteiger charge is 2.37. The smallest absolute Gasteiger partial charge is 0.317 e. The minimum absolute atomic E-state index is 0.0211. The summed E-state index contributed by atoms with van der Waals surface area (Å²) in [6, 6.07) is 5.79. The van der Waals surface area contributed by atoms with E-state index in [2.05, 4.69) is 5.32 Å². The Kier molecular flexibility index (Phi) is 4.98. The van der Waals surface area contributed by atoms with E-state index in [1.807, 2.05) is 4.90 Å². The van der Waals surface area contributed by atoms with Crippen LogP contribution in [0.5, 0.6) is 0 Å². The van der Waals surface area contributed by atoms with Crippen LogP contribution >= 0.6 is 0 Å². The highest BCUT2D eigenvalue weighted by atomic mass is 16.6. The molecule has 1 aromatic carbocycles. The molecule has 8 nitrogen and oxygen atoms in total. The Balaban J connectivity index is 1.51. The van der Waals surface area contributed by atoms with E-state index >= 15 is 0 Å². The molecule has 1 amide bonds. The summed E-state index contributed by atoms with van der Waals surface area (Å²) in [5.41, 5.74) is 0.147. The Bertz CT molecular complexity index is 683. The number of nitrogens with zero attached hydrogens (tertiary/aromatic N) is 2. The summed E-state index contributed by atoms with van der Waals surface area (Å²) in [6.07, 6.45) is 3.74. The molecule has 2 fully saturated rings. The van der Waals surface area contributed by atoms with Gasteiger partial charge >= 0.3 is 5.97 Å². The zero-order valence-corrected chi connectivity index (χ0v) is 13.8. The van der Waals surface area contributed by atoms with E-state index < -0.39 is 10.9 Å². The second-order valence-electron chi connectivity index (χ2n) is 6.87. The van der Waals surface area contributed by atoms with Crippen molar-refractivity contribution >= 4 is 17.6 Å². The molecule has 134 valence electrons. The van der Waals surface area contributed by atoms with Gasteiger partial charge in [-0.2, -0.15) is 0 Å². The molecule has 1 aromatic rings. The maximum Gasteiger partial charge on any atom is 0.317 e. The summed E-state index contributed by atoms with van der Waals surface area (Å²) < 4.78 is 0. The number of nitro groups is 1. The quantitative estimate of drug-likeness (QED) is 0.546. The first-order valence-electron chi connectivity index (χ1n) is 8.43. The third-order valence-electron chi connectivity index (χ3n) is 4.81. The molecule has 0 unspecified atom stereocenters. The van der Waals surface area contributed by atoms with Gasteiger partial charge in [0.1, 0.15) is 0 Å². The fraction of sp³-hybridized carbons (Fsp3) is 0.529. The number of carboxylic acids is 1. The van der Waals surface area contributed by atoms with Crippen molar-refractivity contribution in [3.63, 3.8) is 0 Å². The fourth-order valence-electron chi connectivity index (χ4n) is 3.18. The number of amides is 1. The third-order valence-corrected chi connectivity index (χ3v) is 4.81.